The van der Waals surface area contributed by atoms with Gasteiger partial charge in [-0.05, 0) is 38.0 Å². The molecule has 0 radical (unpaired) electrons. The van der Waals surface area contributed by atoms with Gasteiger partial charge in [0.15, 0.2) is 5.82 Å². The van der Waals surface area contributed by atoms with E-state index >= 15 is 0 Å². The molecule has 1 aliphatic carbocycles. The summed E-state index contributed by atoms with van der Waals surface area (Å²) < 4.78 is 5.78. The number of nitrogens with zero attached hydrogens (tertiary/aromatic N) is 2. The van der Waals surface area contributed by atoms with E-state index in [-0.39, 0.29) is 0 Å². The summed E-state index contributed by atoms with van der Waals surface area (Å²) in [5.41, 5.74) is 0.417. The third kappa shape index (κ3) is 3.10. The van der Waals surface area contributed by atoms with Crippen molar-refractivity contribution in [3.8, 4) is 0 Å². The van der Waals surface area contributed by atoms with Crippen LogP contribution in [0.1, 0.15) is 57.3 Å². The molecule has 0 N–H and O–H groups in total. The Morgan fingerprint density at radius 2 is 1.75 bits per heavy atom. The highest BCUT2D eigenvalue weighted by Gasteiger charge is 2.39. The molecule has 0 aromatic carbocycles. The molecule has 0 saturated heterocycles. The standard InChI is InChI=1S/C15H22Cl2N2O/c1-4-5-11-12(16)18-14(19-13(11)17)15(20-3)8-6-10(2)7-9-15/h10H,4-9H2,1-3H3. The Bertz CT molecular complexity index is 448. The van der Waals surface area contributed by atoms with E-state index in [1.54, 1.807) is 7.11 Å². The highest BCUT2D eigenvalue weighted by Crippen LogP contribution is 2.41. The second-order valence-corrected chi connectivity index (χ2v) is 6.45. The minimum atomic E-state index is -0.426. The van der Waals surface area contributed by atoms with E-state index in [0.717, 1.165) is 50.0 Å². The first-order valence-corrected chi connectivity index (χ1v) is 8.05. The Balaban J connectivity index is 2.36. The van der Waals surface area contributed by atoms with Crippen molar-refractivity contribution in [3.63, 3.8) is 0 Å². The minimum absolute atomic E-state index is 0.426. The fraction of sp³-hybridized carbons (Fsp3) is 0.733. The summed E-state index contributed by atoms with van der Waals surface area (Å²) in [7, 11) is 1.72. The number of hydrogen-bond acceptors (Lipinski definition) is 3. The van der Waals surface area contributed by atoms with Crippen LogP contribution in [0.2, 0.25) is 10.3 Å². The molecule has 20 heavy (non-hydrogen) atoms. The third-order valence-electron chi connectivity index (χ3n) is 4.29. The van der Waals surface area contributed by atoms with Gasteiger partial charge >= 0.3 is 0 Å². The predicted octanol–water partition coefficient (Wildman–Crippen LogP) is 4.79. The molecule has 0 aliphatic heterocycles. The number of ether oxygens (including phenoxy) is 1. The van der Waals surface area contributed by atoms with Crippen molar-refractivity contribution in [2.24, 2.45) is 5.92 Å². The van der Waals surface area contributed by atoms with Crippen LogP contribution in [-0.4, -0.2) is 17.1 Å². The number of halogens is 2. The van der Waals surface area contributed by atoms with Crippen molar-refractivity contribution in [3.05, 3.63) is 21.7 Å². The number of aromatic nitrogens is 2. The molecule has 112 valence electrons. The zero-order valence-electron chi connectivity index (χ0n) is 12.4. The van der Waals surface area contributed by atoms with Gasteiger partial charge in [-0.15, -0.1) is 0 Å². The molecule has 1 fully saturated rings. The van der Waals surface area contributed by atoms with Crippen LogP contribution < -0.4 is 0 Å². The molecule has 1 heterocycles. The van der Waals surface area contributed by atoms with E-state index in [1.165, 1.54) is 0 Å². The van der Waals surface area contributed by atoms with E-state index in [0.29, 0.717) is 16.1 Å². The molecule has 1 aromatic heterocycles. The first-order valence-electron chi connectivity index (χ1n) is 7.30. The average Bonchev–Trinajstić information content (AvgIpc) is 2.44. The maximum absolute atomic E-state index is 6.29. The molecule has 0 unspecified atom stereocenters. The van der Waals surface area contributed by atoms with Gasteiger partial charge in [-0.25, -0.2) is 9.97 Å². The molecule has 3 nitrogen and oxygen atoms in total. The van der Waals surface area contributed by atoms with Crippen molar-refractivity contribution in [1.82, 2.24) is 9.97 Å². The molecular weight excluding hydrogens is 295 g/mol. The number of hydrogen-bond donors (Lipinski definition) is 0. The van der Waals surface area contributed by atoms with Crippen LogP contribution in [0.25, 0.3) is 0 Å². The normalized spacial score (nSPS) is 26.8. The fourth-order valence-corrected chi connectivity index (χ4v) is 3.42. The third-order valence-corrected chi connectivity index (χ3v) is 4.91. The summed E-state index contributed by atoms with van der Waals surface area (Å²) in [4.78, 5) is 8.98. The highest BCUT2D eigenvalue weighted by atomic mass is 35.5. The van der Waals surface area contributed by atoms with E-state index < -0.39 is 5.60 Å². The molecule has 0 bridgehead atoms. The van der Waals surface area contributed by atoms with Crippen LogP contribution in [0.15, 0.2) is 0 Å². The van der Waals surface area contributed by atoms with Crippen LogP contribution in [0.3, 0.4) is 0 Å². The first kappa shape index (κ1) is 16.0. The van der Waals surface area contributed by atoms with Gasteiger partial charge in [-0.1, -0.05) is 43.5 Å². The second kappa shape index (κ2) is 6.59. The van der Waals surface area contributed by atoms with Crippen molar-refractivity contribution in [2.75, 3.05) is 7.11 Å². The molecule has 1 saturated carbocycles. The fourth-order valence-electron chi connectivity index (χ4n) is 2.84. The highest BCUT2D eigenvalue weighted by molar-refractivity contribution is 6.34. The van der Waals surface area contributed by atoms with Crippen molar-refractivity contribution < 1.29 is 4.74 Å². The van der Waals surface area contributed by atoms with Gasteiger partial charge in [-0.3, -0.25) is 0 Å². The average molecular weight is 317 g/mol. The monoisotopic (exact) mass is 316 g/mol. The van der Waals surface area contributed by atoms with E-state index in [9.17, 15) is 0 Å². The quantitative estimate of drug-likeness (QED) is 0.749. The number of rotatable bonds is 4. The van der Waals surface area contributed by atoms with Gasteiger partial charge in [0, 0.05) is 12.7 Å². The predicted molar refractivity (Wildman–Crippen MR) is 82.4 cm³/mol. The molecule has 1 aromatic rings. The second-order valence-electron chi connectivity index (χ2n) is 5.74. The lowest BCUT2D eigenvalue weighted by atomic mass is 9.79. The maximum Gasteiger partial charge on any atom is 0.163 e. The smallest absolute Gasteiger partial charge is 0.163 e. The lowest BCUT2D eigenvalue weighted by Crippen LogP contribution is -2.35. The summed E-state index contributed by atoms with van der Waals surface area (Å²) in [6.07, 6.45) is 5.84. The van der Waals surface area contributed by atoms with Gasteiger partial charge in [0.25, 0.3) is 0 Å². The van der Waals surface area contributed by atoms with Crippen LogP contribution in [0.4, 0.5) is 0 Å². The lowest BCUT2D eigenvalue weighted by Gasteiger charge is -2.37. The molecular formula is C15H22Cl2N2O. The lowest BCUT2D eigenvalue weighted by molar-refractivity contribution is -0.0597. The largest absolute Gasteiger partial charge is 0.370 e. The zero-order chi connectivity index (χ0) is 14.8. The Morgan fingerprint density at radius 3 is 2.20 bits per heavy atom. The summed E-state index contributed by atoms with van der Waals surface area (Å²) in [5, 5.41) is 0.939. The molecule has 5 heteroatoms. The summed E-state index contributed by atoms with van der Waals surface area (Å²) in [6, 6.07) is 0. The molecule has 0 atom stereocenters. The van der Waals surface area contributed by atoms with Crippen molar-refractivity contribution in [2.45, 2.75) is 58.0 Å². The molecule has 0 spiro atoms. The van der Waals surface area contributed by atoms with Crippen LogP contribution in [-0.2, 0) is 16.8 Å². The summed E-state index contributed by atoms with van der Waals surface area (Å²) in [5.74, 6) is 1.37. The van der Waals surface area contributed by atoms with E-state index in [4.69, 9.17) is 27.9 Å². The summed E-state index contributed by atoms with van der Waals surface area (Å²) in [6.45, 7) is 4.35. The van der Waals surface area contributed by atoms with Crippen LogP contribution in [0.5, 0.6) is 0 Å². The Labute approximate surface area is 131 Å². The minimum Gasteiger partial charge on any atom is -0.370 e. The molecule has 0 amide bonds. The number of methoxy groups -OCH3 is 1. The van der Waals surface area contributed by atoms with Crippen LogP contribution >= 0.6 is 23.2 Å². The van der Waals surface area contributed by atoms with E-state index in [2.05, 4.69) is 23.8 Å². The topological polar surface area (TPSA) is 35.0 Å². The summed E-state index contributed by atoms with van der Waals surface area (Å²) >= 11 is 12.6. The zero-order valence-corrected chi connectivity index (χ0v) is 13.9. The van der Waals surface area contributed by atoms with Gasteiger partial charge in [0.05, 0.1) is 0 Å². The van der Waals surface area contributed by atoms with Gasteiger partial charge in [-0.2, -0.15) is 0 Å². The SMILES string of the molecule is CCCc1c(Cl)nc(C2(OC)CCC(C)CC2)nc1Cl. The van der Waals surface area contributed by atoms with Gasteiger partial charge in [0.2, 0.25) is 0 Å². The van der Waals surface area contributed by atoms with E-state index in [1.807, 2.05) is 0 Å². The maximum atomic E-state index is 6.29. The van der Waals surface area contributed by atoms with Crippen LogP contribution in [0, 0.1) is 5.92 Å². The Morgan fingerprint density at radius 1 is 1.20 bits per heavy atom. The van der Waals surface area contributed by atoms with Gasteiger partial charge in [0.1, 0.15) is 15.9 Å². The first-order chi connectivity index (χ1) is 9.52. The molecule has 1 aliphatic rings. The van der Waals surface area contributed by atoms with Crippen molar-refractivity contribution >= 4 is 23.2 Å². The Hall–Kier alpha value is -0.380. The Kier molecular flexibility index (Phi) is 5.27. The van der Waals surface area contributed by atoms with Crippen molar-refractivity contribution in [1.29, 1.82) is 0 Å². The molecule has 2 rings (SSSR count). The van der Waals surface area contributed by atoms with Gasteiger partial charge < -0.3 is 4.74 Å².